The summed E-state index contributed by atoms with van der Waals surface area (Å²) < 4.78 is 32.8. The maximum atomic E-state index is 12.9. The van der Waals surface area contributed by atoms with Gasteiger partial charge in [0.25, 0.3) is 10.0 Å². The lowest BCUT2D eigenvalue weighted by atomic mass is 10.0. The Morgan fingerprint density at radius 3 is 2.70 bits per heavy atom. The fourth-order valence-corrected chi connectivity index (χ4v) is 6.73. The second kappa shape index (κ2) is 5.85. The highest BCUT2D eigenvalue weighted by atomic mass is 32.2. The van der Waals surface area contributed by atoms with E-state index in [1.165, 1.54) is 34.5 Å². The molecule has 0 N–H and O–H groups in total. The minimum absolute atomic E-state index is 0.208. The van der Waals surface area contributed by atoms with Crippen molar-refractivity contribution in [2.45, 2.75) is 16.0 Å². The number of fused-ring (bicyclic) bond motifs is 3. The van der Waals surface area contributed by atoms with Crippen LogP contribution >= 0.6 is 23.1 Å². The molecule has 8 heteroatoms. The summed E-state index contributed by atoms with van der Waals surface area (Å²) in [6.45, 7) is 1.97. The number of thioether (sulfide) groups is 1. The lowest BCUT2D eigenvalue weighted by molar-refractivity contribution is 0.0533. The Balaban J connectivity index is 2.40. The molecule has 0 saturated heterocycles. The Labute approximate surface area is 143 Å². The van der Waals surface area contributed by atoms with E-state index >= 15 is 0 Å². The number of ether oxygens (including phenoxy) is 1. The van der Waals surface area contributed by atoms with Gasteiger partial charge in [0, 0.05) is 18.2 Å². The lowest BCUT2D eigenvalue weighted by Gasteiger charge is -2.28. The summed E-state index contributed by atoms with van der Waals surface area (Å²) >= 11 is 2.50. The number of hydrogen-bond acceptors (Lipinski definition) is 6. The number of hydrogen-bond donors (Lipinski definition) is 0. The largest absolute Gasteiger partial charge is 0.462 e. The number of carbonyl (C=O) groups is 1. The molecule has 23 heavy (non-hydrogen) atoms. The molecule has 1 aliphatic heterocycles. The van der Waals surface area contributed by atoms with Crippen LogP contribution in [0.4, 0.5) is 5.69 Å². The van der Waals surface area contributed by atoms with Crippen LogP contribution in [0.15, 0.2) is 33.4 Å². The molecule has 1 aliphatic rings. The molecule has 0 spiro atoms. The first-order chi connectivity index (χ1) is 10.9. The van der Waals surface area contributed by atoms with Crippen LogP contribution in [-0.2, 0) is 14.8 Å². The van der Waals surface area contributed by atoms with Gasteiger partial charge >= 0.3 is 5.97 Å². The van der Waals surface area contributed by atoms with Crippen LogP contribution in [0.25, 0.3) is 11.1 Å². The molecular formula is C15H15NO4S3. The van der Waals surface area contributed by atoms with Crippen molar-refractivity contribution in [3.63, 3.8) is 0 Å². The molecule has 2 heterocycles. The Hall–Kier alpha value is -1.51. The number of rotatable bonds is 3. The first kappa shape index (κ1) is 16.4. The molecule has 0 unspecified atom stereocenters. The molecule has 2 aromatic rings. The summed E-state index contributed by atoms with van der Waals surface area (Å²) in [5.41, 5.74) is 1.77. The third-order valence-corrected chi connectivity index (χ3v) is 8.00. The van der Waals surface area contributed by atoms with E-state index in [2.05, 4.69) is 0 Å². The SMILES string of the molecule is CCOC(=O)c1sc(SC)c2c1-c1ccccc1N(C)S2(=O)=O. The number of esters is 1. The van der Waals surface area contributed by atoms with Crippen LogP contribution in [0.3, 0.4) is 0 Å². The van der Waals surface area contributed by atoms with Gasteiger partial charge in [-0.2, -0.15) is 0 Å². The molecule has 0 radical (unpaired) electrons. The first-order valence-corrected chi connectivity index (χ1v) is 10.4. The third-order valence-electron chi connectivity index (χ3n) is 3.61. The zero-order chi connectivity index (χ0) is 16.8. The Bertz CT molecular complexity index is 886. The highest BCUT2D eigenvalue weighted by Gasteiger charge is 2.40. The van der Waals surface area contributed by atoms with Crippen molar-refractivity contribution in [2.75, 3.05) is 24.2 Å². The number of anilines is 1. The summed E-state index contributed by atoms with van der Waals surface area (Å²) in [5, 5.41) is 0. The predicted octanol–water partition coefficient (Wildman–Crippen LogP) is 3.45. The molecule has 0 aliphatic carbocycles. The van der Waals surface area contributed by atoms with E-state index in [4.69, 9.17) is 4.74 Å². The summed E-state index contributed by atoms with van der Waals surface area (Å²) in [4.78, 5) is 12.9. The maximum absolute atomic E-state index is 12.9. The van der Waals surface area contributed by atoms with Crippen molar-refractivity contribution >= 4 is 44.8 Å². The van der Waals surface area contributed by atoms with Gasteiger partial charge in [-0.1, -0.05) is 18.2 Å². The number of nitrogens with zero attached hydrogens (tertiary/aromatic N) is 1. The van der Waals surface area contributed by atoms with Gasteiger partial charge in [-0.15, -0.1) is 23.1 Å². The average molecular weight is 369 g/mol. The molecule has 1 aromatic heterocycles. The monoisotopic (exact) mass is 369 g/mol. The topological polar surface area (TPSA) is 63.7 Å². The molecule has 0 bridgehead atoms. The summed E-state index contributed by atoms with van der Waals surface area (Å²) in [7, 11) is -2.16. The van der Waals surface area contributed by atoms with Gasteiger partial charge in [-0.05, 0) is 19.2 Å². The zero-order valence-corrected chi connectivity index (χ0v) is 15.3. The molecule has 0 fully saturated rings. The van der Waals surface area contributed by atoms with E-state index in [0.717, 1.165) is 5.56 Å². The van der Waals surface area contributed by atoms with Crippen LogP contribution in [0.5, 0.6) is 0 Å². The number of thiophene rings is 1. The fourth-order valence-electron chi connectivity index (χ4n) is 2.57. The van der Waals surface area contributed by atoms with Crippen molar-refractivity contribution in [2.24, 2.45) is 0 Å². The van der Waals surface area contributed by atoms with Crippen molar-refractivity contribution in [3.8, 4) is 11.1 Å². The molecule has 122 valence electrons. The first-order valence-electron chi connectivity index (χ1n) is 6.89. The smallest absolute Gasteiger partial charge is 0.349 e. The van der Waals surface area contributed by atoms with Crippen LogP contribution in [0.2, 0.25) is 0 Å². The van der Waals surface area contributed by atoms with E-state index in [1.54, 1.807) is 25.3 Å². The molecule has 0 atom stereocenters. The van der Waals surface area contributed by atoms with Crippen LogP contribution in [0.1, 0.15) is 16.6 Å². The Morgan fingerprint density at radius 1 is 1.35 bits per heavy atom. The molecule has 5 nitrogen and oxygen atoms in total. The number of sulfonamides is 1. The molecule has 0 saturated carbocycles. The quantitative estimate of drug-likeness (QED) is 0.612. The summed E-state index contributed by atoms with van der Waals surface area (Å²) in [5.74, 6) is -0.483. The van der Waals surface area contributed by atoms with Crippen molar-refractivity contribution in [1.29, 1.82) is 0 Å². The zero-order valence-electron chi connectivity index (χ0n) is 12.8. The minimum atomic E-state index is -3.69. The van der Waals surface area contributed by atoms with Gasteiger partial charge in [-0.3, -0.25) is 4.31 Å². The van der Waals surface area contributed by atoms with Gasteiger partial charge in [0.05, 0.1) is 16.5 Å². The average Bonchev–Trinajstić information content (AvgIpc) is 2.94. The van der Waals surface area contributed by atoms with Gasteiger partial charge in [-0.25, -0.2) is 13.2 Å². The van der Waals surface area contributed by atoms with Crippen molar-refractivity contribution in [1.82, 2.24) is 0 Å². The molecule has 1 aromatic carbocycles. The molecule has 0 amide bonds. The minimum Gasteiger partial charge on any atom is -0.462 e. The maximum Gasteiger partial charge on any atom is 0.349 e. The molecular weight excluding hydrogens is 354 g/mol. The van der Waals surface area contributed by atoms with E-state index < -0.39 is 16.0 Å². The number of benzene rings is 1. The van der Waals surface area contributed by atoms with E-state index in [0.29, 0.717) is 20.3 Å². The summed E-state index contributed by atoms with van der Waals surface area (Å²) in [6, 6.07) is 7.18. The van der Waals surface area contributed by atoms with Crippen molar-refractivity contribution in [3.05, 3.63) is 29.1 Å². The van der Waals surface area contributed by atoms with Crippen LogP contribution in [0, 0.1) is 0 Å². The lowest BCUT2D eigenvalue weighted by Crippen LogP contribution is -2.30. The molecule has 3 rings (SSSR count). The second-order valence-electron chi connectivity index (χ2n) is 4.84. The third kappa shape index (κ3) is 2.36. The van der Waals surface area contributed by atoms with Crippen molar-refractivity contribution < 1.29 is 17.9 Å². The highest BCUT2D eigenvalue weighted by molar-refractivity contribution is 8.01. The van der Waals surface area contributed by atoms with E-state index in [9.17, 15) is 13.2 Å². The van der Waals surface area contributed by atoms with E-state index in [1.807, 2.05) is 12.1 Å². The van der Waals surface area contributed by atoms with Gasteiger partial charge < -0.3 is 4.74 Å². The van der Waals surface area contributed by atoms with Gasteiger partial charge in [0.1, 0.15) is 9.77 Å². The van der Waals surface area contributed by atoms with Crippen LogP contribution < -0.4 is 4.31 Å². The Morgan fingerprint density at radius 2 is 2.04 bits per heavy atom. The van der Waals surface area contributed by atoms with Gasteiger partial charge in [0.15, 0.2) is 0 Å². The second-order valence-corrected chi connectivity index (χ2v) is 8.84. The standard InChI is InChI=1S/C15H15NO4S3/c1-4-20-14(17)12-11-9-7-5-6-8-10(9)16(2)23(18,19)13(11)15(21-3)22-12/h5-8H,4H2,1-3H3. The predicted molar refractivity (Wildman–Crippen MR) is 93.1 cm³/mol. The number of para-hydroxylation sites is 1. The highest BCUT2D eigenvalue weighted by Crippen LogP contribution is 2.51. The number of carbonyl (C=O) groups excluding carboxylic acids is 1. The summed E-state index contributed by atoms with van der Waals surface area (Å²) in [6.07, 6.45) is 1.80. The fraction of sp³-hybridized carbons (Fsp3) is 0.267. The van der Waals surface area contributed by atoms with E-state index in [-0.39, 0.29) is 11.5 Å². The van der Waals surface area contributed by atoms with Gasteiger partial charge in [0.2, 0.25) is 0 Å². The Kier molecular flexibility index (Phi) is 4.16. The van der Waals surface area contributed by atoms with Crippen LogP contribution in [-0.4, -0.2) is 34.3 Å². The normalized spacial score (nSPS) is 15.0.